The maximum atomic E-state index is 12.1. The molecular formula is C15H21N3O2S2. The van der Waals surface area contributed by atoms with E-state index in [-0.39, 0.29) is 11.2 Å². The van der Waals surface area contributed by atoms with Crippen molar-refractivity contribution in [1.82, 2.24) is 15.3 Å². The number of aromatic nitrogens is 2. The van der Waals surface area contributed by atoms with Gasteiger partial charge in [-0.05, 0) is 32.8 Å². The van der Waals surface area contributed by atoms with Gasteiger partial charge in [-0.15, -0.1) is 11.3 Å². The molecule has 0 saturated heterocycles. The lowest BCUT2D eigenvalue weighted by Gasteiger charge is -2.12. The monoisotopic (exact) mass is 339 g/mol. The average molecular weight is 339 g/mol. The maximum absolute atomic E-state index is 12.1. The Morgan fingerprint density at radius 1 is 1.45 bits per heavy atom. The normalized spacial score (nSPS) is 12.5. The lowest BCUT2D eigenvalue weighted by atomic mass is 10.2. The van der Waals surface area contributed by atoms with E-state index in [0.29, 0.717) is 13.2 Å². The average Bonchev–Trinajstić information content (AvgIpc) is 2.79. The molecule has 1 unspecified atom stereocenters. The van der Waals surface area contributed by atoms with Gasteiger partial charge in [-0.1, -0.05) is 11.8 Å². The molecule has 0 fully saturated rings. The quantitative estimate of drug-likeness (QED) is 0.477. The largest absolute Gasteiger partial charge is 0.385 e. The second-order valence-corrected chi connectivity index (χ2v) is 7.57. The zero-order valence-corrected chi connectivity index (χ0v) is 14.9. The fourth-order valence-corrected chi connectivity index (χ4v) is 4.09. The number of fused-ring (bicyclic) bond motifs is 1. The van der Waals surface area contributed by atoms with Gasteiger partial charge < -0.3 is 10.1 Å². The van der Waals surface area contributed by atoms with Crippen molar-refractivity contribution in [3.8, 4) is 0 Å². The van der Waals surface area contributed by atoms with Crippen LogP contribution < -0.4 is 5.32 Å². The molecule has 2 rings (SSSR count). The summed E-state index contributed by atoms with van der Waals surface area (Å²) in [4.78, 5) is 23.1. The van der Waals surface area contributed by atoms with E-state index in [1.165, 1.54) is 22.2 Å². The molecule has 0 aliphatic rings. The predicted octanol–water partition coefficient (Wildman–Crippen LogP) is 2.94. The molecule has 1 atom stereocenters. The van der Waals surface area contributed by atoms with E-state index in [2.05, 4.69) is 29.1 Å². The van der Waals surface area contributed by atoms with Gasteiger partial charge in [-0.3, -0.25) is 4.79 Å². The molecule has 0 aliphatic carbocycles. The predicted molar refractivity (Wildman–Crippen MR) is 91.7 cm³/mol. The molecule has 2 aromatic rings. The summed E-state index contributed by atoms with van der Waals surface area (Å²) in [7, 11) is 1.66. The number of thiophene rings is 1. The highest BCUT2D eigenvalue weighted by molar-refractivity contribution is 8.00. The number of nitrogens with zero attached hydrogens (tertiary/aromatic N) is 2. The Bertz CT molecular complexity index is 658. The molecule has 2 heterocycles. The molecule has 2 aromatic heterocycles. The number of hydrogen-bond donors (Lipinski definition) is 1. The van der Waals surface area contributed by atoms with Crippen molar-refractivity contribution in [2.75, 3.05) is 20.3 Å². The maximum Gasteiger partial charge on any atom is 0.233 e. The molecule has 1 amide bonds. The number of rotatable bonds is 7. The molecule has 0 aromatic carbocycles. The Kier molecular flexibility index (Phi) is 6.16. The Labute approximate surface area is 138 Å². The van der Waals surface area contributed by atoms with Gasteiger partial charge in [0, 0.05) is 30.5 Å². The standard InChI is InChI=1S/C15H21N3O2S2/c1-9-10(2)21-14-12(9)15(18-8-17-14)22-11(3)13(19)16-6-5-7-20-4/h8,11H,5-7H2,1-4H3,(H,16,19). The Balaban J connectivity index is 2.05. The summed E-state index contributed by atoms with van der Waals surface area (Å²) < 4.78 is 4.97. The van der Waals surface area contributed by atoms with Crippen molar-refractivity contribution < 1.29 is 9.53 Å². The number of amides is 1. The van der Waals surface area contributed by atoms with Crippen LogP contribution in [0, 0.1) is 13.8 Å². The second kappa shape index (κ2) is 7.89. The highest BCUT2D eigenvalue weighted by Crippen LogP contribution is 2.35. The number of thioether (sulfide) groups is 1. The Morgan fingerprint density at radius 2 is 2.23 bits per heavy atom. The SMILES string of the molecule is COCCCNC(=O)C(C)Sc1ncnc2sc(C)c(C)c12. The van der Waals surface area contributed by atoms with Gasteiger partial charge in [0.05, 0.1) is 5.25 Å². The number of nitrogens with one attached hydrogen (secondary N) is 1. The van der Waals surface area contributed by atoms with Crippen molar-refractivity contribution >= 4 is 39.2 Å². The molecule has 1 N–H and O–H groups in total. The van der Waals surface area contributed by atoms with Gasteiger partial charge in [-0.25, -0.2) is 9.97 Å². The third-order valence-corrected chi connectivity index (χ3v) is 5.63. The summed E-state index contributed by atoms with van der Waals surface area (Å²) in [5, 5.41) is 4.69. The molecular weight excluding hydrogens is 318 g/mol. The molecule has 0 radical (unpaired) electrons. The van der Waals surface area contributed by atoms with E-state index in [1.54, 1.807) is 24.8 Å². The molecule has 5 nitrogen and oxygen atoms in total. The number of ether oxygens (including phenoxy) is 1. The van der Waals surface area contributed by atoms with Gasteiger partial charge >= 0.3 is 0 Å². The van der Waals surface area contributed by atoms with Crippen molar-refractivity contribution in [2.24, 2.45) is 0 Å². The Morgan fingerprint density at radius 3 is 2.95 bits per heavy atom. The van der Waals surface area contributed by atoms with E-state index in [4.69, 9.17) is 4.74 Å². The molecule has 120 valence electrons. The zero-order chi connectivity index (χ0) is 16.1. The van der Waals surface area contributed by atoms with Crippen molar-refractivity contribution in [3.63, 3.8) is 0 Å². The van der Waals surface area contributed by atoms with Gasteiger partial charge in [0.15, 0.2) is 0 Å². The number of carbonyl (C=O) groups excluding carboxylic acids is 1. The van der Waals surface area contributed by atoms with Crippen LogP contribution in [0.25, 0.3) is 10.2 Å². The van der Waals surface area contributed by atoms with Gasteiger partial charge in [0.2, 0.25) is 5.91 Å². The lowest BCUT2D eigenvalue weighted by molar-refractivity contribution is -0.120. The van der Waals surface area contributed by atoms with Gasteiger partial charge in [0.1, 0.15) is 16.2 Å². The van der Waals surface area contributed by atoms with E-state index in [1.807, 2.05) is 6.92 Å². The first-order valence-corrected chi connectivity index (χ1v) is 8.88. The van der Waals surface area contributed by atoms with Crippen LogP contribution in [0.2, 0.25) is 0 Å². The summed E-state index contributed by atoms with van der Waals surface area (Å²) in [5.41, 5.74) is 1.20. The van der Waals surface area contributed by atoms with E-state index < -0.39 is 0 Å². The third-order valence-electron chi connectivity index (χ3n) is 3.41. The van der Waals surface area contributed by atoms with Crippen LogP contribution >= 0.6 is 23.1 Å². The molecule has 0 saturated carbocycles. The minimum absolute atomic E-state index is 0.0254. The van der Waals surface area contributed by atoms with Crippen LogP contribution in [0.3, 0.4) is 0 Å². The second-order valence-electron chi connectivity index (χ2n) is 5.04. The van der Waals surface area contributed by atoms with Crippen LogP contribution in [-0.4, -0.2) is 41.4 Å². The minimum Gasteiger partial charge on any atom is -0.385 e. The van der Waals surface area contributed by atoms with Crippen molar-refractivity contribution in [3.05, 3.63) is 16.8 Å². The summed E-state index contributed by atoms with van der Waals surface area (Å²) in [5.74, 6) is 0.0254. The van der Waals surface area contributed by atoms with Crippen LogP contribution in [0.5, 0.6) is 0 Å². The van der Waals surface area contributed by atoms with Crippen LogP contribution in [0.15, 0.2) is 11.4 Å². The highest BCUT2D eigenvalue weighted by Gasteiger charge is 2.18. The summed E-state index contributed by atoms with van der Waals surface area (Å²) in [6.07, 6.45) is 2.39. The third kappa shape index (κ3) is 3.97. The first-order valence-electron chi connectivity index (χ1n) is 7.18. The number of aryl methyl sites for hydroxylation is 2. The number of hydrogen-bond acceptors (Lipinski definition) is 6. The van der Waals surface area contributed by atoms with E-state index in [9.17, 15) is 4.79 Å². The first-order chi connectivity index (χ1) is 10.5. The van der Waals surface area contributed by atoms with Crippen molar-refractivity contribution in [1.29, 1.82) is 0 Å². The van der Waals surface area contributed by atoms with Crippen molar-refractivity contribution in [2.45, 2.75) is 37.5 Å². The molecule has 0 spiro atoms. The fraction of sp³-hybridized carbons (Fsp3) is 0.533. The molecule has 22 heavy (non-hydrogen) atoms. The number of carbonyl (C=O) groups is 1. The van der Waals surface area contributed by atoms with Crippen LogP contribution in [0.1, 0.15) is 23.8 Å². The summed E-state index contributed by atoms with van der Waals surface area (Å²) >= 11 is 3.15. The molecule has 0 aliphatic heterocycles. The lowest BCUT2D eigenvalue weighted by Crippen LogP contribution is -2.32. The topological polar surface area (TPSA) is 64.1 Å². The molecule has 0 bridgehead atoms. The Hall–Kier alpha value is -1.18. The smallest absolute Gasteiger partial charge is 0.233 e. The zero-order valence-electron chi connectivity index (χ0n) is 13.3. The first kappa shape index (κ1) is 17.2. The van der Waals surface area contributed by atoms with Crippen LogP contribution in [-0.2, 0) is 9.53 Å². The summed E-state index contributed by atoms with van der Waals surface area (Å²) in [6.45, 7) is 7.35. The van der Waals surface area contributed by atoms with Crippen LogP contribution in [0.4, 0.5) is 0 Å². The fourth-order valence-electron chi connectivity index (χ4n) is 2.03. The number of methoxy groups -OCH3 is 1. The molecule has 7 heteroatoms. The van der Waals surface area contributed by atoms with Gasteiger partial charge in [-0.2, -0.15) is 0 Å². The summed E-state index contributed by atoms with van der Waals surface area (Å²) in [6, 6.07) is 0. The highest BCUT2D eigenvalue weighted by atomic mass is 32.2. The minimum atomic E-state index is -0.194. The van der Waals surface area contributed by atoms with Gasteiger partial charge in [0.25, 0.3) is 0 Å². The van der Waals surface area contributed by atoms with E-state index >= 15 is 0 Å². The van der Waals surface area contributed by atoms with E-state index in [0.717, 1.165) is 21.7 Å².